The molecule has 1 aliphatic carbocycles. The van der Waals surface area contributed by atoms with E-state index in [4.69, 9.17) is 9.47 Å². The number of carbonyl (C=O) groups is 1. The van der Waals surface area contributed by atoms with Crippen molar-refractivity contribution in [3.63, 3.8) is 0 Å². The molecule has 0 fully saturated rings. The van der Waals surface area contributed by atoms with Gasteiger partial charge in [-0.3, -0.25) is 0 Å². The number of aromatic nitrogens is 3. The summed E-state index contributed by atoms with van der Waals surface area (Å²) in [5.41, 5.74) is 0.527. The van der Waals surface area contributed by atoms with E-state index in [9.17, 15) is 26.7 Å². The summed E-state index contributed by atoms with van der Waals surface area (Å²) in [7, 11) is 1.26. The van der Waals surface area contributed by atoms with Crippen LogP contribution in [0.3, 0.4) is 0 Å². The van der Waals surface area contributed by atoms with Gasteiger partial charge in [-0.1, -0.05) is 6.07 Å². The molecule has 4 aromatic rings. The Hall–Kier alpha value is -4.88. The second-order valence-electron chi connectivity index (χ2n) is 10.3. The zero-order valence-corrected chi connectivity index (χ0v) is 23.3. The Morgan fingerprint density at radius 1 is 1.09 bits per heavy atom. The van der Waals surface area contributed by atoms with E-state index >= 15 is 0 Å². The van der Waals surface area contributed by atoms with E-state index in [1.54, 1.807) is 31.2 Å². The van der Waals surface area contributed by atoms with Crippen molar-refractivity contribution in [3.05, 3.63) is 88.9 Å². The Labute approximate surface area is 247 Å². The molecule has 44 heavy (non-hydrogen) atoms. The van der Waals surface area contributed by atoms with Crippen LogP contribution in [0.2, 0.25) is 0 Å². The molecule has 9 nitrogen and oxygen atoms in total. The fourth-order valence-corrected chi connectivity index (χ4v) is 5.30. The SMILES string of the molecule is COC(=O)c1ccc(OC2CCCc3c(C(F)(F)F)nn(-c4ccnc(N[C@@H](C)c5ccc6c(c5)OC(F)(F)O6)c4)c32)cc1. The first-order chi connectivity index (χ1) is 20.9. The molecule has 1 unspecified atom stereocenters. The summed E-state index contributed by atoms with van der Waals surface area (Å²) in [6, 6.07) is 13.1. The molecular weight excluding hydrogens is 591 g/mol. The zero-order valence-electron chi connectivity index (χ0n) is 23.3. The van der Waals surface area contributed by atoms with Crippen molar-refractivity contribution in [2.75, 3.05) is 12.4 Å². The number of anilines is 1. The van der Waals surface area contributed by atoms with Crippen LogP contribution in [0.25, 0.3) is 5.69 Å². The number of esters is 1. The number of rotatable bonds is 7. The van der Waals surface area contributed by atoms with Crippen LogP contribution in [0.15, 0.2) is 60.8 Å². The van der Waals surface area contributed by atoms with E-state index in [2.05, 4.69) is 24.9 Å². The van der Waals surface area contributed by atoms with Crippen molar-refractivity contribution < 1.29 is 45.7 Å². The molecule has 0 spiro atoms. The van der Waals surface area contributed by atoms with Gasteiger partial charge >= 0.3 is 18.4 Å². The van der Waals surface area contributed by atoms with Crippen LogP contribution in [0, 0.1) is 0 Å². The molecular formula is C30H25F5N4O5. The fourth-order valence-electron chi connectivity index (χ4n) is 5.30. The molecule has 0 radical (unpaired) electrons. The number of hydrogen-bond donors (Lipinski definition) is 1. The summed E-state index contributed by atoms with van der Waals surface area (Å²) in [5.74, 6) is -0.0598. The molecule has 2 atom stereocenters. The maximum atomic E-state index is 14.1. The highest BCUT2D eigenvalue weighted by atomic mass is 19.4. The van der Waals surface area contributed by atoms with Crippen LogP contribution >= 0.6 is 0 Å². The van der Waals surface area contributed by atoms with Crippen molar-refractivity contribution in [1.29, 1.82) is 0 Å². The van der Waals surface area contributed by atoms with Crippen molar-refractivity contribution in [2.45, 2.75) is 50.8 Å². The molecule has 1 N–H and O–H groups in total. The standard InChI is InChI=1S/C30H25F5N4O5/c1-16(18-8-11-22-24(14-18)44-30(34,35)43-22)37-25-15-19(12-13-36-25)39-26-21(27(38-39)29(31,32)33)4-3-5-23(26)42-20-9-6-17(7-10-20)28(40)41-2/h6-16,23H,3-5H2,1-2H3,(H,36,37)/t16-,23?/m0/s1. The van der Waals surface area contributed by atoms with Gasteiger partial charge in [-0.05, 0) is 74.2 Å². The smallest absolute Gasteiger partial charge is 0.484 e. The largest absolute Gasteiger partial charge is 0.586 e. The first-order valence-corrected chi connectivity index (χ1v) is 13.6. The second kappa shape index (κ2) is 11.0. The number of carbonyl (C=O) groups excluding carboxylic acids is 1. The number of methoxy groups -OCH3 is 1. The molecule has 14 heteroatoms. The van der Waals surface area contributed by atoms with Crippen LogP contribution in [0.1, 0.15) is 64.8 Å². The van der Waals surface area contributed by atoms with Crippen molar-refractivity contribution >= 4 is 11.8 Å². The van der Waals surface area contributed by atoms with Crippen LogP contribution in [0.4, 0.5) is 27.8 Å². The molecule has 2 aromatic heterocycles. The molecule has 230 valence electrons. The third-order valence-electron chi connectivity index (χ3n) is 7.32. The molecule has 3 heterocycles. The molecule has 0 saturated carbocycles. The van der Waals surface area contributed by atoms with Crippen molar-refractivity contribution in [1.82, 2.24) is 14.8 Å². The fraction of sp³-hybridized carbons (Fsp3) is 0.300. The number of alkyl halides is 5. The molecule has 6 rings (SSSR count). The Morgan fingerprint density at radius 3 is 2.57 bits per heavy atom. The van der Waals surface area contributed by atoms with Gasteiger partial charge in [0, 0.05) is 17.8 Å². The minimum absolute atomic E-state index is 0.0526. The molecule has 0 bridgehead atoms. The first kappa shape index (κ1) is 29.2. The van der Waals surface area contributed by atoms with Crippen LogP contribution in [0.5, 0.6) is 17.2 Å². The lowest BCUT2D eigenvalue weighted by Gasteiger charge is -2.26. The number of ether oxygens (including phenoxy) is 4. The minimum Gasteiger partial charge on any atom is -0.484 e. The molecule has 2 aromatic carbocycles. The number of hydrogen-bond acceptors (Lipinski definition) is 8. The Morgan fingerprint density at radius 2 is 1.84 bits per heavy atom. The van der Waals surface area contributed by atoms with Crippen molar-refractivity contribution in [3.8, 4) is 22.9 Å². The first-order valence-electron chi connectivity index (χ1n) is 13.6. The van der Waals surface area contributed by atoms with Gasteiger partial charge in [0.15, 0.2) is 17.2 Å². The quantitative estimate of drug-likeness (QED) is 0.175. The van der Waals surface area contributed by atoms with Gasteiger partial charge in [0.1, 0.15) is 17.7 Å². The highest BCUT2D eigenvalue weighted by Gasteiger charge is 2.44. The topological polar surface area (TPSA) is 96.7 Å². The summed E-state index contributed by atoms with van der Waals surface area (Å²) in [6.07, 6.45) is -6.72. The maximum absolute atomic E-state index is 14.1. The number of nitrogens with zero attached hydrogens (tertiary/aromatic N) is 3. The predicted octanol–water partition coefficient (Wildman–Crippen LogP) is 7.02. The molecule has 1 aliphatic heterocycles. The van der Waals surface area contributed by atoms with Gasteiger partial charge in [-0.25, -0.2) is 14.5 Å². The van der Waals surface area contributed by atoms with Gasteiger partial charge < -0.3 is 24.3 Å². The zero-order chi connectivity index (χ0) is 31.2. The lowest BCUT2D eigenvalue weighted by atomic mass is 9.93. The van der Waals surface area contributed by atoms with E-state index in [0.717, 1.165) is 0 Å². The summed E-state index contributed by atoms with van der Waals surface area (Å²) in [5, 5.41) is 7.14. The lowest BCUT2D eigenvalue weighted by Crippen LogP contribution is -2.25. The maximum Gasteiger partial charge on any atom is 0.586 e. The Bertz CT molecular complexity index is 1710. The summed E-state index contributed by atoms with van der Waals surface area (Å²) >= 11 is 0. The normalized spacial score (nSPS) is 17.5. The molecule has 0 saturated heterocycles. The van der Waals surface area contributed by atoms with Crippen LogP contribution in [-0.4, -0.2) is 34.1 Å². The molecule has 0 amide bonds. The van der Waals surface area contributed by atoms with E-state index in [1.165, 1.54) is 48.3 Å². The van der Waals surface area contributed by atoms with Gasteiger partial charge in [-0.2, -0.15) is 18.3 Å². The number of halogens is 5. The Kier molecular flexibility index (Phi) is 7.30. The summed E-state index contributed by atoms with van der Waals surface area (Å²) < 4.78 is 90.4. The average Bonchev–Trinajstić information content (AvgIpc) is 3.54. The highest BCUT2D eigenvalue weighted by molar-refractivity contribution is 5.89. The minimum atomic E-state index is -4.70. The molecule has 2 aliphatic rings. The average molecular weight is 617 g/mol. The lowest BCUT2D eigenvalue weighted by molar-refractivity contribution is -0.286. The third-order valence-corrected chi connectivity index (χ3v) is 7.32. The van der Waals surface area contributed by atoms with Crippen LogP contribution in [-0.2, 0) is 17.3 Å². The van der Waals surface area contributed by atoms with Gasteiger partial charge in [0.05, 0.1) is 30.1 Å². The van der Waals surface area contributed by atoms with E-state index in [1.807, 2.05) is 0 Å². The highest BCUT2D eigenvalue weighted by Crippen LogP contribution is 2.43. The van der Waals surface area contributed by atoms with Gasteiger partial charge in [0.2, 0.25) is 0 Å². The number of fused-ring (bicyclic) bond motifs is 2. The van der Waals surface area contributed by atoms with Gasteiger partial charge in [-0.15, -0.1) is 8.78 Å². The Balaban J connectivity index is 1.30. The summed E-state index contributed by atoms with van der Waals surface area (Å²) in [6.45, 7) is 1.76. The second-order valence-corrected chi connectivity index (χ2v) is 10.3. The summed E-state index contributed by atoms with van der Waals surface area (Å²) in [4.78, 5) is 16.1. The van der Waals surface area contributed by atoms with Crippen LogP contribution < -0.4 is 19.5 Å². The number of pyridine rings is 1. The number of benzene rings is 2. The monoisotopic (exact) mass is 616 g/mol. The van der Waals surface area contributed by atoms with E-state index < -0.39 is 36.3 Å². The van der Waals surface area contributed by atoms with E-state index in [-0.39, 0.29) is 29.2 Å². The van der Waals surface area contributed by atoms with Crippen molar-refractivity contribution in [2.24, 2.45) is 0 Å². The number of nitrogens with one attached hydrogen (secondary N) is 1. The third kappa shape index (κ3) is 5.71. The van der Waals surface area contributed by atoms with Gasteiger partial charge in [0.25, 0.3) is 0 Å². The van der Waals surface area contributed by atoms with E-state index in [0.29, 0.717) is 41.2 Å². The predicted molar refractivity (Wildman–Crippen MR) is 145 cm³/mol.